The van der Waals surface area contributed by atoms with Crippen LogP contribution in [0.2, 0.25) is 0 Å². The first kappa shape index (κ1) is 17.4. The Morgan fingerprint density at radius 1 is 1.28 bits per heavy atom. The van der Waals surface area contributed by atoms with Crippen LogP contribution in [0.3, 0.4) is 0 Å². The Labute approximate surface area is 146 Å². The molecule has 1 aromatic rings. The van der Waals surface area contributed by atoms with Crippen LogP contribution >= 0.6 is 0 Å². The fourth-order valence-electron chi connectivity index (χ4n) is 3.10. The van der Waals surface area contributed by atoms with E-state index < -0.39 is 6.09 Å². The second-order valence-electron chi connectivity index (χ2n) is 6.14. The van der Waals surface area contributed by atoms with E-state index in [0.717, 1.165) is 48.8 Å². The zero-order valence-corrected chi connectivity index (χ0v) is 13.9. The number of benzene rings is 1. The summed E-state index contributed by atoms with van der Waals surface area (Å²) in [4.78, 5) is 28.0. The van der Waals surface area contributed by atoms with Crippen LogP contribution in [0.5, 0.6) is 0 Å². The molecular formula is C18H22N2O5. The van der Waals surface area contributed by atoms with Gasteiger partial charge in [-0.05, 0) is 48.4 Å². The third-order valence-corrected chi connectivity index (χ3v) is 4.30. The Morgan fingerprint density at radius 3 is 2.92 bits per heavy atom. The molecule has 1 aliphatic carbocycles. The van der Waals surface area contributed by atoms with Crippen LogP contribution in [0.4, 0.5) is 4.79 Å². The Balaban J connectivity index is 1.53. The summed E-state index contributed by atoms with van der Waals surface area (Å²) in [5.74, 6) is -0.343. The fourth-order valence-corrected chi connectivity index (χ4v) is 3.10. The highest BCUT2D eigenvalue weighted by Gasteiger charge is 2.25. The predicted molar refractivity (Wildman–Crippen MR) is 90.0 cm³/mol. The molecular weight excluding hydrogens is 324 g/mol. The molecule has 0 radical (unpaired) electrons. The van der Waals surface area contributed by atoms with E-state index in [1.165, 1.54) is 6.08 Å². The van der Waals surface area contributed by atoms with Crippen LogP contribution < -0.4 is 11.2 Å². The number of aryl methyl sites for hydroxylation is 1. The van der Waals surface area contributed by atoms with Crippen molar-refractivity contribution in [1.82, 2.24) is 5.48 Å². The number of hydrogen-bond acceptors (Lipinski definition) is 5. The molecule has 0 bridgehead atoms. The highest BCUT2D eigenvalue weighted by molar-refractivity contribution is 5.91. The number of nitrogens with one attached hydrogen (secondary N) is 1. The zero-order valence-electron chi connectivity index (χ0n) is 13.9. The van der Waals surface area contributed by atoms with E-state index in [-0.39, 0.29) is 18.3 Å². The average Bonchev–Trinajstić information content (AvgIpc) is 3.00. The zero-order chi connectivity index (χ0) is 17.6. The van der Waals surface area contributed by atoms with Crippen molar-refractivity contribution in [3.05, 3.63) is 41.0 Å². The maximum Gasteiger partial charge on any atom is 0.405 e. The minimum absolute atomic E-state index is 0.280. The number of ether oxygens (including phenoxy) is 2. The first-order valence-corrected chi connectivity index (χ1v) is 8.46. The lowest BCUT2D eigenvalue weighted by molar-refractivity contribution is -0.198. The van der Waals surface area contributed by atoms with Crippen LogP contribution in [0, 0.1) is 0 Å². The van der Waals surface area contributed by atoms with Gasteiger partial charge < -0.3 is 15.2 Å². The highest BCUT2D eigenvalue weighted by atomic mass is 16.8. The Hall–Kier alpha value is -2.38. The fraction of sp³-hybridized carbons (Fsp3) is 0.444. The molecule has 0 aromatic heterocycles. The Kier molecular flexibility index (Phi) is 5.67. The standard InChI is InChI=1S/C18H22N2O5/c19-18(22)24-15-8-6-13-11-12(4-7-14(13)15)5-9-16(21)20-25-17-3-1-2-10-23-17/h4-5,7,9,11,15,17H,1-3,6,8,10H2,(H2,19,22)(H,20,21). The van der Waals surface area contributed by atoms with Crippen molar-refractivity contribution in [2.45, 2.75) is 44.5 Å². The van der Waals surface area contributed by atoms with Crippen LogP contribution in [0.15, 0.2) is 24.3 Å². The molecule has 134 valence electrons. The van der Waals surface area contributed by atoms with Crippen LogP contribution in [-0.4, -0.2) is 24.9 Å². The number of primary amides is 1. The molecule has 2 amide bonds. The lowest BCUT2D eigenvalue weighted by Gasteiger charge is -2.21. The quantitative estimate of drug-likeness (QED) is 0.630. The lowest BCUT2D eigenvalue weighted by Crippen LogP contribution is -2.32. The maximum atomic E-state index is 11.8. The lowest BCUT2D eigenvalue weighted by atomic mass is 10.1. The molecule has 3 N–H and O–H groups in total. The normalized spacial score (nSPS) is 22.6. The van der Waals surface area contributed by atoms with E-state index in [9.17, 15) is 9.59 Å². The van der Waals surface area contributed by atoms with Gasteiger partial charge in [0.05, 0.1) is 0 Å². The first-order valence-electron chi connectivity index (χ1n) is 8.46. The van der Waals surface area contributed by atoms with Crippen LogP contribution in [0.25, 0.3) is 6.08 Å². The minimum atomic E-state index is -0.763. The largest absolute Gasteiger partial charge is 0.441 e. The van der Waals surface area contributed by atoms with Crippen LogP contribution in [-0.2, 0) is 25.5 Å². The van der Waals surface area contributed by atoms with Crippen molar-refractivity contribution < 1.29 is 23.9 Å². The third kappa shape index (κ3) is 4.80. The molecule has 2 aliphatic rings. The minimum Gasteiger partial charge on any atom is -0.441 e. The monoisotopic (exact) mass is 346 g/mol. The van der Waals surface area contributed by atoms with Crippen molar-refractivity contribution in [3.8, 4) is 0 Å². The van der Waals surface area contributed by atoms with E-state index in [1.807, 2.05) is 18.2 Å². The number of fused-ring (bicyclic) bond motifs is 1. The molecule has 1 heterocycles. The number of hydroxylamine groups is 1. The van der Waals surface area contributed by atoms with E-state index in [1.54, 1.807) is 6.08 Å². The van der Waals surface area contributed by atoms with Gasteiger partial charge in [-0.1, -0.05) is 18.2 Å². The molecule has 0 spiro atoms. The molecule has 25 heavy (non-hydrogen) atoms. The second kappa shape index (κ2) is 8.13. The molecule has 1 aliphatic heterocycles. The highest BCUT2D eigenvalue weighted by Crippen LogP contribution is 2.34. The first-order chi connectivity index (χ1) is 12.1. The number of carbonyl (C=O) groups is 2. The summed E-state index contributed by atoms with van der Waals surface area (Å²) >= 11 is 0. The van der Waals surface area contributed by atoms with Gasteiger partial charge in [0.2, 0.25) is 0 Å². The second-order valence-corrected chi connectivity index (χ2v) is 6.14. The smallest absolute Gasteiger partial charge is 0.405 e. The summed E-state index contributed by atoms with van der Waals surface area (Å²) in [5, 5.41) is 0. The van der Waals surface area contributed by atoms with E-state index in [0.29, 0.717) is 6.61 Å². The summed E-state index contributed by atoms with van der Waals surface area (Å²) in [5.41, 5.74) is 10.4. The SMILES string of the molecule is NC(=O)OC1CCc2cc(C=CC(=O)NOC3CCCCO3)ccc21. The van der Waals surface area contributed by atoms with Gasteiger partial charge in [0.25, 0.3) is 5.91 Å². The topological polar surface area (TPSA) is 99.9 Å². The Bertz CT molecular complexity index is 667. The van der Waals surface area contributed by atoms with Crippen molar-refractivity contribution in [2.75, 3.05) is 6.61 Å². The predicted octanol–water partition coefficient (Wildman–Crippen LogP) is 2.36. The van der Waals surface area contributed by atoms with Gasteiger partial charge >= 0.3 is 6.09 Å². The number of rotatable bonds is 5. The number of hydrogen-bond donors (Lipinski definition) is 2. The van der Waals surface area contributed by atoms with Gasteiger partial charge in [-0.2, -0.15) is 0 Å². The van der Waals surface area contributed by atoms with E-state index >= 15 is 0 Å². The third-order valence-electron chi connectivity index (χ3n) is 4.30. The molecule has 2 atom stereocenters. The van der Waals surface area contributed by atoms with Crippen molar-refractivity contribution in [2.24, 2.45) is 5.73 Å². The molecule has 1 fully saturated rings. The van der Waals surface area contributed by atoms with Crippen molar-refractivity contribution >= 4 is 18.1 Å². The summed E-state index contributed by atoms with van der Waals surface area (Å²) < 4.78 is 10.5. The summed E-state index contributed by atoms with van der Waals surface area (Å²) in [6.07, 6.45) is 6.09. The molecule has 7 heteroatoms. The summed E-state index contributed by atoms with van der Waals surface area (Å²) in [6.45, 7) is 0.659. The van der Waals surface area contributed by atoms with Gasteiger partial charge in [-0.15, -0.1) is 0 Å². The molecule has 7 nitrogen and oxygen atoms in total. The number of nitrogens with two attached hydrogens (primary N) is 1. The van der Waals surface area contributed by atoms with E-state index in [2.05, 4.69) is 5.48 Å². The summed E-state index contributed by atoms with van der Waals surface area (Å²) in [6, 6.07) is 5.75. The van der Waals surface area contributed by atoms with Gasteiger partial charge in [-0.25, -0.2) is 15.1 Å². The Morgan fingerprint density at radius 2 is 2.16 bits per heavy atom. The van der Waals surface area contributed by atoms with Crippen molar-refractivity contribution in [3.63, 3.8) is 0 Å². The van der Waals surface area contributed by atoms with Gasteiger partial charge in [0.15, 0.2) is 6.29 Å². The molecule has 1 saturated heterocycles. The maximum absolute atomic E-state index is 11.8. The number of amides is 2. The van der Waals surface area contributed by atoms with Gasteiger partial charge in [-0.3, -0.25) is 4.79 Å². The molecule has 0 saturated carbocycles. The number of carbonyl (C=O) groups excluding carboxylic acids is 2. The van der Waals surface area contributed by atoms with Gasteiger partial charge in [0.1, 0.15) is 6.10 Å². The molecule has 2 unspecified atom stereocenters. The van der Waals surface area contributed by atoms with Gasteiger partial charge in [0, 0.05) is 19.1 Å². The molecule has 3 rings (SSSR count). The average molecular weight is 346 g/mol. The van der Waals surface area contributed by atoms with Crippen LogP contribution in [0.1, 0.15) is 48.5 Å². The summed E-state index contributed by atoms with van der Waals surface area (Å²) in [7, 11) is 0. The van der Waals surface area contributed by atoms with E-state index in [4.69, 9.17) is 20.0 Å². The van der Waals surface area contributed by atoms with Crippen molar-refractivity contribution in [1.29, 1.82) is 0 Å². The molecule has 1 aromatic carbocycles.